The van der Waals surface area contributed by atoms with Gasteiger partial charge in [-0.25, -0.2) is 8.42 Å². The van der Waals surface area contributed by atoms with Crippen LogP contribution in [0, 0.1) is 13.8 Å². The Hall–Kier alpha value is -1.72. The third-order valence-electron chi connectivity index (χ3n) is 4.97. The zero-order valence-electron chi connectivity index (χ0n) is 15.8. The van der Waals surface area contributed by atoms with Crippen molar-refractivity contribution in [3.8, 4) is 0 Å². The molecule has 3 rings (SSSR count). The maximum Gasteiger partial charge on any atom is 0.247 e. The van der Waals surface area contributed by atoms with Crippen LogP contribution in [0.1, 0.15) is 24.4 Å². The molecule has 148 valence electrons. The Kier molecular flexibility index (Phi) is 5.46. The lowest BCUT2D eigenvalue weighted by molar-refractivity contribution is -0.135. The summed E-state index contributed by atoms with van der Waals surface area (Å²) < 4.78 is 31.1. The SMILES string of the molecule is Cc1nn(C(C)C(=O)N2CCN(S(=O)(=O)c3cnn(C)c3C)CC2)cc1Br. The van der Waals surface area contributed by atoms with Crippen LogP contribution in [0.15, 0.2) is 21.8 Å². The Bertz CT molecular complexity index is 939. The largest absolute Gasteiger partial charge is 0.338 e. The maximum atomic E-state index is 12.8. The van der Waals surface area contributed by atoms with Crippen molar-refractivity contribution in [3.63, 3.8) is 0 Å². The van der Waals surface area contributed by atoms with Crippen molar-refractivity contribution in [3.05, 3.63) is 28.3 Å². The summed E-state index contributed by atoms with van der Waals surface area (Å²) in [6, 6.07) is -0.446. The van der Waals surface area contributed by atoms with Crippen molar-refractivity contribution in [2.24, 2.45) is 7.05 Å². The van der Waals surface area contributed by atoms with E-state index in [1.54, 1.807) is 41.4 Å². The van der Waals surface area contributed by atoms with Crippen LogP contribution in [0.25, 0.3) is 0 Å². The topological polar surface area (TPSA) is 93.3 Å². The second-order valence-electron chi connectivity index (χ2n) is 6.67. The lowest BCUT2D eigenvalue weighted by Gasteiger charge is -2.35. The monoisotopic (exact) mass is 458 g/mol. The van der Waals surface area contributed by atoms with Crippen molar-refractivity contribution in [2.45, 2.75) is 31.7 Å². The van der Waals surface area contributed by atoms with Gasteiger partial charge in [-0.3, -0.25) is 14.2 Å². The summed E-state index contributed by atoms with van der Waals surface area (Å²) in [6.45, 7) is 6.61. The number of halogens is 1. The number of aryl methyl sites for hydroxylation is 2. The highest BCUT2D eigenvalue weighted by atomic mass is 79.9. The molecule has 2 aromatic rings. The molecule has 1 fully saturated rings. The van der Waals surface area contributed by atoms with E-state index in [4.69, 9.17) is 0 Å². The van der Waals surface area contributed by atoms with Crippen molar-refractivity contribution < 1.29 is 13.2 Å². The van der Waals surface area contributed by atoms with Crippen LogP contribution in [0.2, 0.25) is 0 Å². The fraction of sp³-hybridized carbons (Fsp3) is 0.562. The molecule has 0 aromatic carbocycles. The normalized spacial score (nSPS) is 17.3. The molecule has 9 nitrogen and oxygen atoms in total. The molecule has 1 saturated heterocycles. The first-order valence-electron chi connectivity index (χ1n) is 8.61. The molecule has 27 heavy (non-hydrogen) atoms. The van der Waals surface area contributed by atoms with E-state index >= 15 is 0 Å². The number of rotatable bonds is 4. The van der Waals surface area contributed by atoms with E-state index in [2.05, 4.69) is 26.1 Å². The predicted octanol–water partition coefficient (Wildman–Crippen LogP) is 1.09. The number of carbonyl (C=O) groups is 1. The van der Waals surface area contributed by atoms with Crippen LogP contribution < -0.4 is 0 Å². The van der Waals surface area contributed by atoms with Gasteiger partial charge in [0, 0.05) is 39.4 Å². The first kappa shape index (κ1) is 20.0. The molecule has 0 bridgehead atoms. The van der Waals surface area contributed by atoms with Gasteiger partial charge in [0.2, 0.25) is 15.9 Å². The van der Waals surface area contributed by atoms with Gasteiger partial charge in [-0.05, 0) is 36.7 Å². The zero-order valence-corrected chi connectivity index (χ0v) is 18.2. The second kappa shape index (κ2) is 7.36. The molecule has 1 amide bonds. The molecule has 0 radical (unpaired) electrons. The Morgan fingerprint density at radius 1 is 1.22 bits per heavy atom. The van der Waals surface area contributed by atoms with E-state index in [1.807, 2.05) is 6.92 Å². The van der Waals surface area contributed by atoms with Crippen molar-refractivity contribution in [2.75, 3.05) is 26.2 Å². The lowest BCUT2D eigenvalue weighted by atomic mass is 10.2. The van der Waals surface area contributed by atoms with Crippen molar-refractivity contribution in [1.82, 2.24) is 28.8 Å². The molecular formula is C16H23BrN6O3S. The number of carbonyl (C=O) groups excluding carboxylic acids is 1. The van der Waals surface area contributed by atoms with Crippen LogP contribution in [0.5, 0.6) is 0 Å². The summed E-state index contributed by atoms with van der Waals surface area (Å²) in [5.41, 5.74) is 1.42. The average molecular weight is 459 g/mol. The Morgan fingerprint density at radius 3 is 2.33 bits per heavy atom. The molecule has 0 spiro atoms. The summed E-state index contributed by atoms with van der Waals surface area (Å²) in [4.78, 5) is 14.7. The third kappa shape index (κ3) is 3.67. The molecule has 2 aromatic heterocycles. The van der Waals surface area contributed by atoms with Gasteiger partial charge in [0.25, 0.3) is 0 Å². The number of nitrogens with zero attached hydrogens (tertiary/aromatic N) is 6. The molecule has 3 heterocycles. The van der Waals surface area contributed by atoms with E-state index in [9.17, 15) is 13.2 Å². The average Bonchev–Trinajstić information content (AvgIpc) is 3.16. The van der Waals surface area contributed by atoms with Crippen LogP contribution in [0.3, 0.4) is 0 Å². The molecule has 0 N–H and O–H groups in total. The minimum atomic E-state index is -3.61. The summed E-state index contributed by atoms with van der Waals surface area (Å²) in [7, 11) is -1.90. The van der Waals surface area contributed by atoms with Crippen molar-refractivity contribution in [1.29, 1.82) is 0 Å². The third-order valence-corrected chi connectivity index (χ3v) is 7.75. The highest BCUT2D eigenvalue weighted by molar-refractivity contribution is 9.10. The Morgan fingerprint density at radius 2 is 1.85 bits per heavy atom. The molecule has 11 heteroatoms. The molecule has 1 unspecified atom stereocenters. The molecule has 1 aliphatic rings. The first-order valence-corrected chi connectivity index (χ1v) is 10.8. The highest BCUT2D eigenvalue weighted by Crippen LogP contribution is 2.22. The van der Waals surface area contributed by atoms with E-state index in [-0.39, 0.29) is 23.9 Å². The fourth-order valence-corrected chi connectivity index (χ4v) is 4.95. The standard InChI is InChI=1S/C16H23BrN6O3S/c1-11-14(17)10-23(19-11)13(3)16(24)21-5-7-22(8-6-21)27(25,26)15-9-18-20(4)12(15)2/h9-10,13H,5-8H2,1-4H3. The number of aromatic nitrogens is 4. The van der Waals surface area contributed by atoms with E-state index < -0.39 is 16.1 Å². The van der Waals surface area contributed by atoms with Gasteiger partial charge in [-0.15, -0.1) is 0 Å². The van der Waals surface area contributed by atoms with Crippen LogP contribution in [0.4, 0.5) is 0 Å². The zero-order chi connectivity index (χ0) is 19.9. The summed E-state index contributed by atoms with van der Waals surface area (Å²) in [5, 5.41) is 8.36. The highest BCUT2D eigenvalue weighted by Gasteiger charge is 2.33. The van der Waals surface area contributed by atoms with Crippen LogP contribution >= 0.6 is 15.9 Å². The van der Waals surface area contributed by atoms with E-state index in [1.165, 1.54) is 10.5 Å². The Balaban J connectivity index is 1.68. The lowest BCUT2D eigenvalue weighted by Crippen LogP contribution is -2.51. The number of hydrogen-bond donors (Lipinski definition) is 0. The second-order valence-corrected chi connectivity index (χ2v) is 9.43. The van der Waals surface area contributed by atoms with Gasteiger partial charge in [0.1, 0.15) is 10.9 Å². The fourth-order valence-electron chi connectivity index (χ4n) is 3.05. The predicted molar refractivity (Wildman–Crippen MR) is 103 cm³/mol. The summed E-state index contributed by atoms with van der Waals surface area (Å²) in [5.74, 6) is -0.0698. The minimum absolute atomic E-state index is 0.0698. The maximum absolute atomic E-state index is 12.8. The van der Waals surface area contributed by atoms with Gasteiger partial charge < -0.3 is 4.90 Å². The number of hydrogen-bond acceptors (Lipinski definition) is 5. The van der Waals surface area contributed by atoms with Crippen LogP contribution in [-0.4, -0.2) is 69.3 Å². The number of sulfonamides is 1. The number of amides is 1. The summed E-state index contributed by atoms with van der Waals surface area (Å²) >= 11 is 3.40. The molecule has 0 aliphatic carbocycles. The molecule has 1 atom stereocenters. The first-order chi connectivity index (χ1) is 12.6. The van der Waals surface area contributed by atoms with E-state index in [0.29, 0.717) is 18.8 Å². The number of piperazine rings is 1. The smallest absolute Gasteiger partial charge is 0.247 e. The van der Waals surface area contributed by atoms with Gasteiger partial charge in [-0.2, -0.15) is 14.5 Å². The van der Waals surface area contributed by atoms with Crippen LogP contribution in [-0.2, 0) is 21.9 Å². The molecule has 1 aliphatic heterocycles. The van der Waals surface area contributed by atoms with E-state index in [0.717, 1.165) is 10.2 Å². The van der Waals surface area contributed by atoms with Crippen molar-refractivity contribution >= 4 is 31.9 Å². The van der Waals surface area contributed by atoms with Gasteiger partial charge in [-0.1, -0.05) is 0 Å². The van der Waals surface area contributed by atoms with Gasteiger partial charge in [0.05, 0.1) is 22.1 Å². The molecular weight excluding hydrogens is 436 g/mol. The Labute approximate surface area is 167 Å². The summed E-state index contributed by atoms with van der Waals surface area (Å²) in [6.07, 6.45) is 3.16. The van der Waals surface area contributed by atoms with Gasteiger partial charge >= 0.3 is 0 Å². The van der Waals surface area contributed by atoms with Gasteiger partial charge in [0.15, 0.2) is 0 Å². The minimum Gasteiger partial charge on any atom is -0.338 e. The molecule has 0 saturated carbocycles. The quantitative estimate of drug-likeness (QED) is 0.683.